The van der Waals surface area contributed by atoms with Crippen molar-refractivity contribution < 1.29 is 17.9 Å². The van der Waals surface area contributed by atoms with E-state index in [1.54, 1.807) is 0 Å². The van der Waals surface area contributed by atoms with E-state index in [9.17, 15) is 13.2 Å². The van der Waals surface area contributed by atoms with Gasteiger partial charge in [-0.3, -0.25) is 4.99 Å². The van der Waals surface area contributed by atoms with Gasteiger partial charge in [0.2, 0.25) is 5.95 Å². The van der Waals surface area contributed by atoms with E-state index in [0.29, 0.717) is 25.6 Å². The predicted molar refractivity (Wildman–Crippen MR) is 95.2 cm³/mol. The van der Waals surface area contributed by atoms with Crippen LogP contribution in [0.1, 0.15) is 32.4 Å². The van der Waals surface area contributed by atoms with Gasteiger partial charge in [-0.1, -0.05) is 0 Å². The normalized spacial score (nSPS) is 12.1. The third-order valence-corrected chi connectivity index (χ3v) is 3.16. The molecule has 0 amide bonds. The van der Waals surface area contributed by atoms with Crippen molar-refractivity contribution in [1.82, 2.24) is 20.6 Å². The lowest BCUT2D eigenvalue weighted by atomic mass is 10.3. The number of aliphatic imine (C=N–C) groups is 1. The molecule has 0 atom stereocenters. The van der Waals surface area contributed by atoms with Crippen LogP contribution < -0.4 is 16.0 Å². The number of nitrogens with one attached hydrogen (secondary N) is 3. The molecule has 0 spiro atoms. The van der Waals surface area contributed by atoms with Crippen LogP contribution in [0.15, 0.2) is 17.3 Å². The number of anilines is 1. The summed E-state index contributed by atoms with van der Waals surface area (Å²) < 4.78 is 43.1. The molecule has 26 heavy (non-hydrogen) atoms. The summed E-state index contributed by atoms with van der Waals surface area (Å²) in [6.07, 6.45) is -1.53. The van der Waals surface area contributed by atoms with E-state index >= 15 is 0 Å². The Morgan fingerprint density at radius 2 is 2.00 bits per heavy atom. The molecule has 0 aliphatic heterocycles. The Kier molecular flexibility index (Phi) is 10.4. The molecule has 0 saturated heterocycles. The van der Waals surface area contributed by atoms with E-state index in [1.807, 2.05) is 13.8 Å². The lowest BCUT2D eigenvalue weighted by Gasteiger charge is -2.12. The molecule has 0 aliphatic rings. The summed E-state index contributed by atoms with van der Waals surface area (Å²) in [7, 11) is 0. The minimum Gasteiger partial charge on any atom is -0.382 e. The van der Waals surface area contributed by atoms with Crippen LogP contribution in [-0.2, 0) is 10.9 Å². The first-order valence-corrected chi connectivity index (χ1v) is 8.71. The topological polar surface area (TPSA) is 83.5 Å². The van der Waals surface area contributed by atoms with Crippen molar-refractivity contribution in [2.24, 2.45) is 4.99 Å². The van der Waals surface area contributed by atoms with Crippen molar-refractivity contribution in [1.29, 1.82) is 0 Å². The van der Waals surface area contributed by atoms with E-state index in [-0.39, 0.29) is 5.95 Å². The summed E-state index contributed by atoms with van der Waals surface area (Å²) in [6, 6.07) is 0.838. The number of alkyl halides is 3. The summed E-state index contributed by atoms with van der Waals surface area (Å²) >= 11 is 0. The van der Waals surface area contributed by atoms with Gasteiger partial charge in [0.05, 0.1) is 0 Å². The second-order valence-corrected chi connectivity index (χ2v) is 5.28. The SMILES string of the molecule is CCNC(=NCCCCOCC)NCCNc1nccc(C(F)(F)F)n1. The summed E-state index contributed by atoms with van der Waals surface area (Å²) in [5.74, 6) is 0.607. The Bertz CT molecular complexity index is 539. The molecule has 7 nitrogen and oxygen atoms in total. The molecule has 1 heterocycles. The zero-order valence-corrected chi connectivity index (χ0v) is 15.2. The maximum absolute atomic E-state index is 12.6. The van der Waals surface area contributed by atoms with Crippen LogP contribution in [0.3, 0.4) is 0 Å². The average molecular weight is 376 g/mol. The number of halogens is 3. The molecular weight excluding hydrogens is 349 g/mol. The molecule has 0 fully saturated rings. The second kappa shape index (κ2) is 12.3. The Morgan fingerprint density at radius 1 is 1.19 bits per heavy atom. The van der Waals surface area contributed by atoms with E-state index in [2.05, 4.69) is 30.9 Å². The van der Waals surface area contributed by atoms with Gasteiger partial charge in [0.15, 0.2) is 5.96 Å². The monoisotopic (exact) mass is 376 g/mol. The molecular formula is C16H27F3N6O. The van der Waals surface area contributed by atoms with Gasteiger partial charge in [-0.15, -0.1) is 0 Å². The van der Waals surface area contributed by atoms with Crippen LogP contribution >= 0.6 is 0 Å². The van der Waals surface area contributed by atoms with Gasteiger partial charge < -0.3 is 20.7 Å². The number of rotatable bonds is 11. The third-order valence-electron chi connectivity index (χ3n) is 3.16. The average Bonchev–Trinajstić information content (AvgIpc) is 2.61. The molecule has 3 N–H and O–H groups in total. The van der Waals surface area contributed by atoms with Crippen LogP contribution in [0, 0.1) is 0 Å². The smallest absolute Gasteiger partial charge is 0.382 e. The highest BCUT2D eigenvalue weighted by Gasteiger charge is 2.32. The molecule has 0 bridgehead atoms. The van der Waals surface area contributed by atoms with Crippen LogP contribution in [0.5, 0.6) is 0 Å². The first-order chi connectivity index (χ1) is 12.5. The molecule has 0 aromatic carbocycles. The number of aromatic nitrogens is 2. The summed E-state index contributed by atoms with van der Waals surface area (Å²) in [5, 5.41) is 8.98. The zero-order valence-electron chi connectivity index (χ0n) is 15.2. The lowest BCUT2D eigenvalue weighted by Crippen LogP contribution is -2.39. The van der Waals surface area contributed by atoms with Gasteiger partial charge in [0.1, 0.15) is 5.69 Å². The van der Waals surface area contributed by atoms with Gasteiger partial charge in [-0.25, -0.2) is 9.97 Å². The maximum Gasteiger partial charge on any atom is 0.433 e. The van der Waals surface area contributed by atoms with Gasteiger partial charge in [-0.05, 0) is 32.8 Å². The number of unbranched alkanes of at least 4 members (excludes halogenated alkanes) is 1. The highest BCUT2D eigenvalue weighted by molar-refractivity contribution is 5.79. The fraction of sp³-hybridized carbons (Fsp3) is 0.688. The molecule has 1 aromatic rings. The Hall–Kier alpha value is -2.10. The van der Waals surface area contributed by atoms with Crippen molar-refractivity contribution in [2.75, 3.05) is 44.7 Å². The summed E-state index contributed by atoms with van der Waals surface area (Å²) in [6.45, 7) is 7.58. The van der Waals surface area contributed by atoms with E-state index < -0.39 is 11.9 Å². The molecule has 10 heteroatoms. The number of guanidine groups is 1. The minimum atomic E-state index is -4.48. The highest BCUT2D eigenvalue weighted by atomic mass is 19.4. The standard InChI is InChI=1S/C16H27F3N6O/c1-3-20-14(21-8-5-6-12-26-4-2)23-10-11-24-15-22-9-7-13(25-15)16(17,18)19/h7,9H,3-6,8,10-12H2,1-2H3,(H2,20,21,23)(H,22,24,25). The zero-order chi connectivity index (χ0) is 19.3. The van der Waals surface area contributed by atoms with Crippen molar-refractivity contribution in [2.45, 2.75) is 32.9 Å². The Labute approximate surface area is 151 Å². The van der Waals surface area contributed by atoms with Crippen LogP contribution in [0.25, 0.3) is 0 Å². The van der Waals surface area contributed by atoms with Crippen molar-refractivity contribution >= 4 is 11.9 Å². The number of nitrogens with zero attached hydrogens (tertiary/aromatic N) is 3. The molecule has 1 rings (SSSR count). The van der Waals surface area contributed by atoms with Gasteiger partial charge in [0, 0.05) is 45.6 Å². The van der Waals surface area contributed by atoms with Crippen LogP contribution in [-0.4, -0.2) is 55.3 Å². The van der Waals surface area contributed by atoms with Crippen molar-refractivity contribution in [3.8, 4) is 0 Å². The van der Waals surface area contributed by atoms with Gasteiger partial charge >= 0.3 is 6.18 Å². The Morgan fingerprint density at radius 3 is 2.69 bits per heavy atom. The molecule has 0 radical (unpaired) electrons. The molecule has 148 valence electrons. The van der Waals surface area contributed by atoms with E-state index in [4.69, 9.17) is 4.74 Å². The molecule has 0 unspecified atom stereocenters. The minimum absolute atomic E-state index is 0.0560. The van der Waals surface area contributed by atoms with Gasteiger partial charge in [0.25, 0.3) is 0 Å². The third kappa shape index (κ3) is 9.40. The Balaban J connectivity index is 2.34. The first kappa shape index (κ1) is 21.9. The molecule has 0 saturated carbocycles. The van der Waals surface area contributed by atoms with Crippen LogP contribution in [0.4, 0.5) is 19.1 Å². The number of hydrogen-bond donors (Lipinski definition) is 3. The summed E-state index contributed by atoms with van der Waals surface area (Å²) in [4.78, 5) is 11.7. The van der Waals surface area contributed by atoms with Crippen LogP contribution in [0.2, 0.25) is 0 Å². The van der Waals surface area contributed by atoms with Gasteiger partial charge in [-0.2, -0.15) is 13.2 Å². The van der Waals surface area contributed by atoms with Crippen molar-refractivity contribution in [3.63, 3.8) is 0 Å². The maximum atomic E-state index is 12.6. The van der Waals surface area contributed by atoms with E-state index in [0.717, 1.165) is 44.9 Å². The van der Waals surface area contributed by atoms with Crippen molar-refractivity contribution in [3.05, 3.63) is 18.0 Å². The fourth-order valence-corrected chi connectivity index (χ4v) is 1.95. The largest absolute Gasteiger partial charge is 0.433 e. The molecule has 1 aromatic heterocycles. The molecule has 0 aliphatic carbocycles. The second-order valence-electron chi connectivity index (χ2n) is 5.28. The highest BCUT2D eigenvalue weighted by Crippen LogP contribution is 2.27. The lowest BCUT2D eigenvalue weighted by molar-refractivity contribution is -0.141. The summed E-state index contributed by atoms with van der Waals surface area (Å²) in [5.41, 5.74) is -0.968. The number of hydrogen-bond acceptors (Lipinski definition) is 5. The van der Waals surface area contributed by atoms with E-state index in [1.165, 1.54) is 0 Å². The fourth-order valence-electron chi connectivity index (χ4n) is 1.95. The predicted octanol–water partition coefficient (Wildman–Crippen LogP) is 2.28. The first-order valence-electron chi connectivity index (χ1n) is 8.71. The number of ether oxygens (including phenoxy) is 1. The quantitative estimate of drug-likeness (QED) is 0.312.